The van der Waals surface area contributed by atoms with Gasteiger partial charge >= 0.3 is 0 Å². The lowest BCUT2D eigenvalue weighted by Crippen LogP contribution is -2.42. The summed E-state index contributed by atoms with van der Waals surface area (Å²) < 4.78 is 0. The van der Waals surface area contributed by atoms with Gasteiger partial charge in [0.15, 0.2) is 5.66 Å². The molecule has 3 atom stereocenters. The first kappa shape index (κ1) is 28.2. The zero-order valence-corrected chi connectivity index (χ0v) is 24.0. The van der Waals surface area contributed by atoms with Gasteiger partial charge in [0.05, 0.1) is 5.71 Å². The molecule has 0 aromatic carbocycles. The number of aliphatic imine (C=N–C) groups is 2. The van der Waals surface area contributed by atoms with Crippen LogP contribution in [-0.2, 0) is 0 Å². The third-order valence-corrected chi connectivity index (χ3v) is 10.7. The van der Waals surface area contributed by atoms with Crippen molar-refractivity contribution in [1.29, 1.82) is 0 Å². The summed E-state index contributed by atoms with van der Waals surface area (Å²) in [5.74, 6) is 3.81. The van der Waals surface area contributed by atoms with E-state index in [9.17, 15) is 0 Å². The molecule has 4 rings (SSSR count). The number of amidine groups is 1. The Morgan fingerprint density at radius 1 is 0.472 bits per heavy atom. The van der Waals surface area contributed by atoms with Gasteiger partial charge in [-0.15, -0.1) is 0 Å². The summed E-state index contributed by atoms with van der Waals surface area (Å²) in [6.07, 6.45) is 35.4. The van der Waals surface area contributed by atoms with E-state index in [4.69, 9.17) is 15.7 Å². The first-order valence-electron chi connectivity index (χ1n) is 16.6. The van der Waals surface area contributed by atoms with Crippen LogP contribution >= 0.6 is 0 Å². The molecule has 3 saturated carbocycles. The maximum absolute atomic E-state index is 6.52. The molecule has 4 aliphatic rings. The molecule has 3 heteroatoms. The molecule has 0 saturated heterocycles. The summed E-state index contributed by atoms with van der Waals surface area (Å²) in [5, 5.41) is 0. The van der Waals surface area contributed by atoms with Crippen molar-refractivity contribution in [2.45, 2.75) is 173 Å². The third kappa shape index (κ3) is 7.83. The van der Waals surface area contributed by atoms with Gasteiger partial charge in [-0.2, -0.15) is 0 Å². The molecule has 3 aliphatic carbocycles. The van der Waals surface area contributed by atoms with Crippen LogP contribution in [-0.4, -0.2) is 17.2 Å². The van der Waals surface area contributed by atoms with Gasteiger partial charge in [0, 0.05) is 11.8 Å². The van der Waals surface area contributed by atoms with E-state index in [1.165, 1.54) is 161 Å². The number of nitrogens with two attached hydrogens (primary N) is 1. The van der Waals surface area contributed by atoms with Crippen LogP contribution in [0.25, 0.3) is 0 Å². The van der Waals surface area contributed by atoms with Crippen molar-refractivity contribution in [3.05, 3.63) is 0 Å². The molecular formula is C33H59N3. The summed E-state index contributed by atoms with van der Waals surface area (Å²) in [6.45, 7) is 2.12. The Labute approximate surface area is 224 Å². The van der Waals surface area contributed by atoms with E-state index >= 15 is 0 Å². The predicted molar refractivity (Wildman–Crippen MR) is 157 cm³/mol. The van der Waals surface area contributed by atoms with Crippen LogP contribution in [0.5, 0.6) is 0 Å². The van der Waals surface area contributed by atoms with Crippen molar-refractivity contribution in [2.75, 3.05) is 0 Å². The highest BCUT2D eigenvalue weighted by Gasteiger charge is 2.47. The lowest BCUT2D eigenvalue weighted by molar-refractivity contribution is 0.132. The number of hydrogen-bond acceptors (Lipinski definition) is 3. The van der Waals surface area contributed by atoms with E-state index in [0.717, 1.165) is 23.4 Å². The number of rotatable bonds is 3. The molecule has 0 aromatic rings. The fourth-order valence-corrected chi connectivity index (χ4v) is 8.44. The molecule has 0 radical (unpaired) electrons. The number of hydrogen-bond donors (Lipinski definition) is 1. The first-order chi connectivity index (χ1) is 17.7. The van der Waals surface area contributed by atoms with Crippen LogP contribution in [0.1, 0.15) is 167 Å². The highest BCUT2D eigenvalue weighted by Crippen LogP contribution is 2.47. The average molecular weight is 498 g/mol. The molecule has 36 heavy (non-hydrogen) atoms. The predicted octanol–water partition coefficient (Wildman–Crippen LogP) is 9.77. The van der Waals surface area contributed by atoms with E-state index < -0.39 is 0 Å². The molecule has 206 valence electrons. The van der Waals surface area contributed by atoms with Gasteiger partial charge in [-0.3, -0.25) is 4.99 Å². The Hall–Kier alpha value is -0.860. The fourth-order valence-electron chi connectivity index (χ4n) is 8.44. The fraction of sp³-hybridized carbons (Fsp3) is 0.939. The Bertz CT molecular complexity index is 657. The minimum Gasteiger partial charge on any atom is -0.382 e. The van der Waals surface area contributed by atoms with Crippen molar-refractivity contribution in [3.63, 3.8) is 0 Å². The van der Waals surface area contributed by atoms with E-state index in [1.54, 1.807) is 0 Å². The van der Waals surface area contributed by atoms with Crippen LogP contribution in [0, 0.1) is 23.7 Å². The summed E-state index contributed by atoms with van der Waals surface area (Å²) in [7, 11) is 0. The van der Waals surface area contributed by atoms with Crippen molar-refractivity contribution in [2.24, 2.45) is 39.4 Å². The van der Waals surface area contributed by atoms with E-state index in [-0.39, 0.29) is 5.66 Å². The average Bonchev–Trinajstić information content (AvgIpc) is 3.26. The molecule has 2 N–H and O–H groups in total. The second kappa shape index (κ2) is 14.9. The van der Waals surface area contributed by atoms with Gasteiger partial charge in [0.1, 0.15) is 5.84 Å². The molecule has 0 spiro atoms. The van der Waals surface area contributed by atoms with Crippen molar-refractivity contribution in [1.82, 2.24) is 0 Å². The van der Waals surface area contributed by atoms with Crippen molar-refractivity contribution >= 4 is 11.5 Å². The molecule has 0 bridgehead atoms. The van der Waals surface area contributed by atoms with Gasteiger partial charge in [-0.25, -0.2) is 4.99 Å². The van der Waals surface area contributed by atoms with Crippen LogP contribution in [0.4, 0.5) is 0 Å². The van der Waals surface area contributed by atoms with E-state index in [2.05, 4.69) is 6.92 Å². The van der Waals surface area contributed by atoms with Gasteiger partial charge < -0.3 is 5.73 Å². The monoisotopic (exact) mass is 497 g/mol. The lowest BCUT2D eigenvalue weighted by atomic mass is 9.71. The summed E-state index contributed by atoms with van der Waals surface area (Å²) in [4.78, 5) is 10.8. The molecular weight excluding hydrogens is 438 g/mol. The van der Waals surface area contributed by atoms with Crippen LogP contribution in [0.15, 0.2) is 9.98 Å². The van der Waals surface area contributed by atoms with Gasteiger partial charge in [0.25, 0.3) is 0 Å². The molecule has 0 amide bonds. The second-order valence-corrected chi connectivity index (χ2v) is 13.2. The second-order valence-electron chi connectivity index (χ2n) is 13.2. The summed E-state index contributed by atoms with van der Waals surface area (Å²) in [5.41, 5.74) is 7.29. The normalized spacial score (nSPS) is 34.0. The third-order valence-electron chi connectivity index (χ3n) is 10.7. The highest BCUT2D eigenvalue weighted by atomic mass is 15.2. The maximum Gasteiger partial charge on any atom is 0.158 e. The van der Waals surface area contributed by atoms with Gasteiger partial charge in [0.2, 0.25) is 0 Å². The Morgan fingerprint density at radius 3 is 1.28 bits per heavy atom. The first-order valence-corrected chi connectivity index (χ1v) is 16.6. The zero-order chi connectivity index (χ0) is 25.1. The van der Waals surface area contributed by atoms with E-state index in [0.29, 0.717) is 11.8 Å². The molecule has 0 aromatic heterocycles. The zero-order valence-electron chi connectivity index (χ0n) is 24.0. The largest absolute Gasteiger partial charge is 0.382 e. The van der Waals surface area contributed by atoms with Crippen LogP contribution < -0.4 is 5.73 Å². The maximum atomic E-state index is 6.52. The molecule has 3 nitrogen and oxygen atoms in total. The molecule has 1 heterocycles. The SMILES string of the molecule is CC1=NC(C2CCCCCCCCC2)(C2CCCCCC(C3CCCCCCCCC3)CC2)N=C1N. The van der Waals surface area contributed by atoms with E-state index in [1.807, 2.05) is 0 Å². The molecule has 3 fully saturated rings. The Kier molecular flexibility index (Phi) is 11.7. The number of nitrogens with zero attached hydrogens (tertiary/aromatic N) is 2. The van der Waals surface area contributed by atoms with Crippen molar-refractivity contribution < 1.29 is 0 Å². The van der Waals surface area contributed by atoms with Gasteiger partial charge in [-0.05, 0) is 50.9 Å². The minimum atomic E-state index is -0.251. The lowest BCUT2D eigenvalue weighted by Gasteiger charge is -2.40. The topological polar surface area (TPSA) is 50.7 Å². The summed E-state index contributed by atoms with van der Waals surface area (Å²) in [6, 6.07) is 0. The highest BCUT2D eigenvalue weighted by molar-refractivity contribution is 6.41. The molecule has 3 unspecified atom stereocenters. The van der Waals surface area contributed by atoms with Crippen molar-refractivity contribution in [3.8, 4) is 0 Å². The minimum absolute atomic E-state index is 0.251. The molecule has 1 aliphatic heterocycles. The van der Waals surface area contributed by atoms with Crippen LogP contribution in [0.3, 0.4) is 0 Å². The Morgan fingerprint density at radius 2 is 0.833 bits per heavy atom. The van der Waals surface area contributed by atoms with Crippen LogP contribution in [0.2, 0.25) is 0 Å². The quantitative estimate of drug-likeness (QED) is 0.414. The Balaban J connectivity index is 1.52. The standard InChI is InChI=1S/C33H59N3/c1-27-32(34)36-33(35-27,30-22-16-10-6-3-7-11-17-23-30)31-24-18-12-15-21-29(25-26-31)28-19-13-8-4-2-5-9-14-20-28/h28-31H,2-26H2,1H3,(H2,34,36). The smallest absolute Gasteiger partial charge is 0.158 e. The summed E-state index contributed by atoms with van der Waals surface area (Å²) >= 11 is 0. The van der Waals surface area contributed by atoms with Gasteiger partial charge in [-0.1, -0.05) is 128 Å².